The molecule has 6 nitrogen and oxygen atoms in total. The number of amides is 1. The lowest BCUT2D eigenvalue weighted by atomic mass is 10.00. The van der Waals surface area contributed by atoms with E-state index in [0.29, 0.717) is 18.9 Å². The van der Waals surface area contributed by atoms with Crippen LogP contribution in [0.2, 0.25) is 0 Å². The van der Waals surface area contributed by atoms with E-state index in [2.05, 4.69) is 12.0 Å². The molecule has 2 aromatic rings. The number of rotatable bonds is 6. The Labute approximate surface area is 142 Å². The highest BCUT2D eigenvalue weighted by Gasteiger charge is 2.33. The standard InChI is InChI=1S/C18H23N3O3/c1-3-21-18-14(11-19-21)9-10-20(16(18)12-23-2)17(22)13-24-15-7-5-4-6-8-15/h4-8,11,16H,3,9-10,12-13H2,1-2H3/t16-/m1/s1. The number of nitrogens with zero attached hydrogens (tertiary/aromatic N) is 3. The first-order chi connectivity index (χ1) is 11.7. The minimum Gasteiger partial charge on any atom is -0.484 e. The number of ether oxygens (including phenoxy) is 2. The number of para-hydroxylation sites is 1. The smallest absolute Gasteiger partial charge is 0.261 e. The molecule has 24 heavy (non-hydrogen) atoms. The molecule has 6 heteroatoms. The van der Waals surface area contributed by atoms with Gasteiger partial charge >= 0.3 is 0 Å². The van der Waals surface area contributed by atoms with Crippen molar-refractivity contribution >= 4 is 5.91 Å². The third-order valence-electron chi connectivity index (χ3n) is 4.32. The van der Waals surface area contributed by atoms with Gasteiger partial charge in [-0.1, -0.05) is 18.2 Å². The van der Waals surface area contributed by atoms with E-state index < -0.39 is 0 Å². The average Bonchev–Trinajstić information content (AvgIpc) is 3.04. The summed E-state index contributed by atoms with van der Waals surface area (Å²) in [7, 11) is 1.66. The molecule has 0 radical (unpaired) electrons. The van der Waals surface area contributed by atoms with Gasteiger partial charge in [0.1, 0.15) is 5.75 Å². The summed E-state index contributed by atoms with van der Waals surface area (Å²) in [5.41, 5.74) is 2.28. The summed E-state index contributed by atoms with van der Waals surface area (Å²) in [5.74, 6) is 0.667. The lowest BCUT2D eigenvalue weighted by Crippen LogP contribution is -2.44. The Morgan fingerprint density at radius 2 is 2.12 bits per heavy atom. The molecule has 3 rings (SSSR count). The number of fused-ring (bicyclic) bond motifs is 1. The van der Waals surface area contributed by atoms with Crippen molar-refractivity contribution in [3.63, 3.8) is 0 Å². The topological polar surface area (TPSA) is 56.6 Å². The molecule has 1 aliphatic rings. The number of aryl methyl sites for hydroxylation is 1. The van der Waals surface area contributed by atoms with Crippen LogP contribution in [0.1, 0.15) is 24.2 Å². The van der Waals surface area contributed by atoms with Crippen LogP contribution >= 0.6 is 0 Å². The Kier molecular flexibility index (Phi) is 5.15. The molecule has 0 spiro atoms. The maximum atomic E-state index is 12.7. The van der Waals surface area contributed by atoms with Crippen LogP contribution in [0.4, 0.5) is 0 Å². The molecule has 0 fully saturated rings. The predicted molar refractivity (Wildman–Crippen MR) is 89.9 cm³/mol. The number of methoxy groups -OCH3 is 1. The highest BCUT2D eigenvalue weighted by molar-refractivity contribution is 5.78. The number of aromatic nitrogens is 2. The molecule has 0 saturated carbocycles. The highest BCUT2D eigenvalue weighted by Crippen LogP contribution is 2.30. The SMILES string of the molecule is CCn1ncc2c1[C@@H](COC)N(C(=O)COc1ccccc1)CC2. The molecule has 1 amide bonds. The Morgan fingerprint density at radius 1 is 1.33 bits per heavy atom. The Morgan fingerprint density at radius 3 is 2.83 bits per heavy atom. The van der Waals surface area contributed by atoms with E-state index in [1.165, 1.54) is 5.56 Å². The Balaban J connectivity index is 1.75. The van der Waals surface area contributed by atoms with Crippen LogP contribution in [0, 0.1) is 0 Å². The second-order valence-electron chi connectivity index (χ2n) is 5.78. The molecule has 0 unspecified atom stereocenters. The number of hydrogen-bond donors (Lipinski definition) is 0. The van der Waals surface area contributed by atoms with Crippen LogP contribution in [-0.4, -0.2) is 47.5 Å². The zero-order valence-corrected chi connectivity index (χ0v) is 14.1. The first-order valence-corrected chi connectivity index (χ1v) is 8.25. The molecule has 1 aromatic carbocycles. The van der Waals surface area contributed by atoms with Gasteiger partial charge < -0.3 is 14.4 Å². The van der Waals surface area contributed by atoms with Crippen molar-refractivity contribution in [3.8, 4) is 5.75 Å². The predicted octanol–water partition coefficient (Wildman–Crippen LogP) is 2.05. The minimum absolute atomic E-state index is 0.0276. The Hall–Kier alpha value is -2.34. The largest absolute Gasteiger partial charge is 0.484 e. The van der Waals surface area contributed by atoms with Crippen molar-refractivity contribution in [1.82, 2.24) is 14.7 Å². The van der Waals surface area contributed by atoms with Gasteiger partial charge in [0.25, 0.3) is 5.91 Å². The van der Waals surface area contributed by atoms with E-state index in [-0.39, 0.29) is 18.6 Å². The third kappa shape index (κ3) is 3.28. The van der Waals surface area contributed by atoms with Crippen LogP contribution in [0.3, 0.4) is 0 Å². The van der Waals surface area contributed by atoms with Gasteiger partial charge in [0.2, 0.25) is 0 Å². The molecule has 1 aromatic heterocycles. The fraction of sp³-hybridized carbons (Fsp3) is 0.444. The van der Waals surface area contributed by atoms with Gasteiger partial charge in [-0.05, 0) is 31.0 Å². The maximum absolute atomic E-state index is 12.7. The third-order valence-corrected chi connectivity index (χ3v) is 4.32. The van der Waals surface area contributed by atoms with Crippen LogP contribution in [0.25, 0.3) is 0 Å². The molecule has 1 aliphatic heterocycles. The summed E-state index contributed by atoms with van der Waals surface area (Å²) in [6.07, 6.45) is 2.72. The summed E-state index contributed by atoms with van der Waals surface area (Å²) < 4.78 is 12.9. The zero-order valence-electron chi connectivity index (χ0n) is 14.1. The number of carbonyl (C=O) groups is 1. The van der Waals surface area contributed by atoms with E-state index in [4.69, 9.17) is 9.47 Å². The molecule has 0 saturated heterocycles. The van der Waals surface area contributed by atoms with Crippen LogP contribution in [-0.2, 0) is 22.5 Å². The monoisotopic (exact) mass is 329 g/mol. The molecule has 1 atom stereocenters. The Bertz CT molecular complexity index is 671. The van der Waals surface area contributed by atoms with E-state index in [9.17, 15) is 4.79 Å². The molecule has 0 aliphatic carbocycles. The summed E-state index contributed by atoms with van der Waals surface area (Å²) >= 11 is 0. The van der Waals surface area contributed by atoms with Crippen LogP contribution < -0.4 is 4.74 Å². The lowest BCUT2D eigenvalue weighted by molar-refractivity contribution is -0.137. The normalized spacial score (nSPS) is 16.8. The molecular formula is C18H23N3O3. The van der Waals surface area contributed by atoms with E-state index in [1.54, 1.807) is 7.11 Å². The minimum atomic E-state index is -0.118. The summed E-state index contributed by atoms with van der Waals surface area (Å²) in [6, 6.07) is 9.27. The summed E-state index contributed by atoms with van der Waals surface area (Å²) in [5, 5.41) is 4.43. The van der Waals surface area contributed by atoms with E-state index in [0.717, 1.165) is 18.7 Å². The summed E-state index contributed by atoms with van der Waals surface area (Å²) in [6.45, 7) is 3.97. The molecule has 2 heterocycles. The molecule has 128 valence electrons. The fourth-order valence-electron chi connectivity index (χ4n) is 3.18. The fourth-order valence-corrected chi connectivity index (χ4v) is 3.18. The first kappa shape index (κ1) is 16.5. The van der Waals surface area contributed by atoms with E-state index in [1.807, 2.05) is 46.1 Å². The van der Waals surface area contributed by atoms with Crippen molar-refractivity contribution in [2.24, 2.45) is 0 Å². The van der Waals surface area contributed by atoms with Crippen molar-refractivity contribution in [2.45, 2.75) is 25.9 Å². The van der Waals surface area contributed by atoms with Crippen molar-refractivity contribution in [2.75, 3.05) is 26.9 Å². The van der Waals surface area contributed by atoms with Gasteiger partial charge in [-0.3, -0.25) is 9.48 Å². The number of benzene rings is 1. The van der Waals surface area contributed by atoms with Gasteiger partial charge in [0, 0.05) is 20.2 Å². The average molecular weight is 329 g/mol. The van der Waals surface area contributed by atoms with Gasteiger partial charge in [0.05, 0.1) is 24.5 Å². The van der Waals surface area contributed by atoms with E-state index >= 15 is 0 Å². The van der Waals surface area contributed by atoms with Gasteiger partial charge in [-0.25, -0.2) is 0 Å². The first-order valence-electron chi connectivity index (χ1n) is 8.25. The van der Waals surface area contributed by atoms with Crippen LogP contribution in [0.5, 0.6) is 5.75 Å². The summed E-state index contributed by atoms with van der Waals surface area (Å²) in [4.78, 5) is 14.6. The van der Waals surface area contributed by atoms with Gasteiger partial charge in [-0.2, -0.15) is 5.10 Å². The number of carbonyl (C=O) groups excluding carboxylic acids is 1. The zero-order chi connectivity index (χ0) is 16.9. The molecule has 0 N–H and O–H groups in total. The number of hydrogen-bond acceptors (Lipinski definition) is 4. The van der Waals surface area contributed by atoms with Crippen LogP contribution in [0.15, 0.2) is 36.5 Å². The van der Waals surface area contributed by atoms with Crippen molar-refractivity contribution in [3.05, 3.63) is 47.8 Å². The highest BCUT2D eigenvalue weighted by atomic mass is 16.5. The van der Waals surface area contributed by atoms with Crippen molar-refractivity contribution in [1.29, 1.82) is 0 Å². The molecule has 0 bridgehead atoms. The molecular weight excluding hydrogens is 306 g/mol. The quantitative estimate of drug-likeness (QED) is 0.814. The maximum Gasteiger partial charge on any atom is 0.261 e. The lowest BCUT2D eigenvalue weighted by Gasteiger charge is -2.36. The second-order valence-corrected chi connectivity index (χ2v) is 5.78. The van der Waals surface area contributed by atoms with Gasteiger partial charge in [-0.15, -0.1) is 0 Å². The van der Waals surface area contributed by atoms with Gasteiger partial charge in [0.15, 0.2) is 6.61 Å². The second kappa shape index (κ2) is 7.49. The van der Waals surface area contributed by atoms with Crippen molar-refractivity contribution < 1.29 is 14.3 Å².